The fourth-order valence-corrected chi connectivity index (χ4v) is 2.76. The lowest BCUT2D eigenvalue weighted by atomic mass is 10.0. The van der Waals surface area contributed by atoms with Crippen molar-refractivity contribution < 1.29 is 0 Å². The molecule has 1 unspecified atom stereocenters. The van der Waals surface area contributed by atoms with Crippen molar-refractivity contribution in [2.24, 2.45) is 0 Å². The van der Waals surface area contributed by atoms with Crippen LogP contribution in [0.1, 0.15) is 52.9 Å². The van der Waals surface area contributed by atoms with E-state index in [1.165, 1.54) is 25.7 Å². The van der Waals surface area contributed by atoms with E-state index in [1.807, 2.05) is 16.8 Å². The predicted octanol–water partition coefficient (Wildman–Crippen LogP) is 3.31. The van der Waals surface area contributed by atoms with Crippen LogP contribution in [-0.4, -0.2) is 32.2 Å². The molecule has 5 nitrogen and oxygen atoms in total. The average molecular weight is 275 g/mol. The maximum atomic E-state index is 4.30. The Labute approximate surface area is 121 Å². The maximum absolute atomic E-state index is 4.30. The second kappa shape index (κ2) is 7.22. The highest BCUT2D eigenvalue weighted by molar-refractivity contribution is 5.45. The lowest BCUT2D eigenvalue weighted by molar-refractivity contribution is 0.503. The van der Waals surface area contributed by atoms with Gasteiger partial charge in [-0.25, -0.2) is 4.98 Å². The van der Waals surface area contributed by atoms with Crippen LogP contribution >= 0.6 is 0 Å². The molecule has 0 bridgehead atoms. The highest BCUT2D eigenvalue weighted by Crippen LogP contribution is 2.21. The van der Waals surface area contributed by atoms with Gasteiger partial charge in [-0.2, -0.15) is 14.6 Å². The van der Waals surface area contributed by atoms with Gasteiger partial charge < -0.3 is 4.90 Å². The molecule has 2 heterocycles. The molecule has 2 aromatic heterocycles. The highest BCUT2D eigenvalue weighted by atomic mass is 15.4. The zero-order chi connectivity index (χ0) is 14.4. The van der Waals surface area contributed by atoms with E-state index in [0.29, 0.717) is 11.8 Å². The molecule has 0 amide bonds. The molecule has 2 aromatic rings. The van der Waals surface area contributed by atoms with Crippen molar-refractivity contribution in [3.05, 3.63) is 18.6 Å². The van der Waals surface area contributed by atoms with Crippen LogP contribution in [0.2, 0.25) is 0 Å². The van der Waals surface area contributed by atoms with E-state index >= 15 is 0 Å². The lowest BCUT2D eigenvalue weighted by Gasteiger charge is -2.32. The van der Waals surface area contributed by atoms with E-state index in [1.54, 1.807) is 6.33 Å². The maximum Gasteiger partial charge on any atom is 0.254 e. The van der Waals surface area contributed by atoms with E-state index < -0.39 is 0 Å². The summed E-state index contributed by atoms with van der Waals surface area (Å²) in [6.45, 7) is 7.69. The van der Waals surface area contributed by atoms with Gasteiger partial charge in [0.1, 0.15) is 12.1 Å². The van der Waals surface area contributed by atoms with Crippen molar-refractivity contribution in [2.75, 3.05) is 11.4 Å². The molecular formula is C15H25N5. The second-order valence-corrected chi connectivity index (χ2v) is 5.12. The Balaban J connectivity index is 2.23. The summed E-state index contributed by atoms with van der Waals surface area (Å²) in [5, 5.41) is 4.30. The molecule has 1 atom stereocenters. The van der Waals surface area contributed by atoms with Gasteiger partial charge in [0.15, 0.2) is 0 Å². The van der Waals surface area contributed by atoms with E-state index in [9.17, 15) is 0 Å². The van der Waals surface area contributed by atoms with Crippen LogP contribution in [0.15, 0.2) is 18.6 Å². The summed E-state index contributed by atoms with van der Waals surface area (Å²) in [6.07, 6.45) is 9.64. The predicted molar refractivity (Wildman–Crippen MR) is 82.0 cm³/mol. The van der Waals surface area contributed by atoms with Crippen LogP contribution in [0.4, 0.5) is 5.82 Å². The third-order valence-electron chi connectivity index (χ3n) is 3.85. The first kappa shape index (κ1) is 14.8. The average Bonchev–Trinajstić information content (AvgIpc) is 2.95. The first-order valence-electron chi connectivity index (χ1n) is 7.73. The summed E-state index contributed by atoms with van der Waals surface area (Å²) in [5.74, 6) is 1.77. The molecule has 0 saturated heterocycles. The Morgan fingerprint density at radius 2 is 2.05 bits per heavy atom. The van der Waals surface area contributed by atoms with Gasteiger partial charge in [-0.15, -0.1) is 0 Å². The summed E-state index contributed by atoms with van der Waals surface area (Å²) in [6, 6.07) is 2.59. The van der Waals surface area contributed by atoms with Gasteiger partial charge in [0.2, 0.25) is 0 Å². The lowest BCUT2D eigenvalue weighted by Crippen LogP contribution is -2.36. The van der Waals surface area contributed by atoms with E-state index in [4.69, 9.17) is 0 Å². The molecule has 0 aromatic carbocycles. The number of hydrogen-bond acceptors (Lipinski definition) is 4. The largest absolute Gasteiger partial charge is 0.354 e. The SMILES string of the molecule is CCCCCC(CC)N(CC)c1ccnc2ncnn12. The van der Waals surface area contributed by atoms with Gasteiger partial charge in [0, 0.05) is 18.8 Å². The third-order valence-corrected chi connectivity index (χ3v) is 3.85. The van der Waals surface area contributed by atoms with E-state index in [-0.39, 0.29) is 0 Å². The van der Waals surface area contributed by atoms with Crippen LogP contribution in [0.3, 0.4) is 0 Å². The summed E-state index contributed by atoms with van der Waals surface area (Å²) >= 11 is 0. The fourth-order valence-electron chi connectivity index (χ4n) is 2.76. The number of aromatic nitrogens is 4. The van der Waals surface area contributed by atoms with Gasteiger partial charge >= 0.3 is 0 Å². The number of hydrogen-bond donors (Lipinski definition) is 0. The Kier molecular flexibility index (Phi) is 5.32. The van der Waals surface area contributed by atoms with Gasteiger partial charge in [-0.1, -0.05) is 33.1 Å². The Hall–Kier alpha value is -1.65. The molecule has 0 aliphatic rings. The number of rotatable bonds is 8. The van der Waals surface area contributed by atoms with Crippen LogP contribution < -0.4 is 4.90 Å². The summed E-state index contributed by atoms with van der Waals surface area (Å²) in [7, 11) is 0. The molecule has 0 radical (unpaired) electrons. The van der Waals surface area contributed by atoms with Crippen molar-refractivity contribution in [1.29, 1.82) is 0 Å². The molecule has 0 saturated carbocycles. The molecule has 5 heteroatoms. The van der Waals surface area contributed by atoms with Crippen LogP contribution in [0, 0.1) is 0 Å². The smallest absolute Gasteiger partial charge is 0.254 e. The van der Waals surface area contributed by atoms with Crippen molar-refractivity contribution in [2.45, 2.75) is 58.9 Å². The highest BCUT2D eigenvalue weighted by Gasteiger charge is 2.18. The molecule has 0 aliphatic heterocycles. The second-order valence-electron chi connectivity index (χ2n) is 5.12. The van der Waals surface area contributed by atoms with Crippen LogP contribution in [0.5, 0.6) is 0 Å². The zero-order valence-electron chi connectivity index (χ0n) is 12.8. The monoisotopic (exact) mass is 275 g/mol. The molecule has 110 valence electrons. The third kappa shape index (κ3) is 3.08. The molecule has 0 N–H and O–H groups in total. The Morgan fingerprint density at radius 1 is 1.20 bits per heavy atom. The molecule has 0 spiro atoms. The van der Waals surface area contributed by atoms with Crippen molar-refractivity contribution >= 4 is 11.6 Å². The van der Waals surface area contributed by atoms with Gasteiger partial charge in [-0.05, 0) is 25.8 Å². The Morgan fingerprint density at radius 3 is 2.75 bits per heavy atom. The van der Waals surface area contributed by atoms with Crippen LogP contribution in [-0.2, 0) is 0 Å². The number of unbranched alkanes of at least 4 members (excludes halogenated alkanes) is 2. The summed E-state index contributed by atoms with van der Waals surface area (Å²) in [4.78, 5) is 10.8. The molecular weight excluding hydrogens is 250 g/mol. The van der Waals surface area contributed by atoms with E-state index in [2.05, 4.69) is 40.7 Å². The van der Waals surface area contributed by atoms with Gasteiger partial charge in [-0.3, -0.25) is 0 Å². The molecule has 20 heavy (non-hydrogen) atoms. The normalized spacial score (nSPS) is 12.8. The standard InChI is InChI=1S/C15H25N5/c1-4-7-8-9-13(5-2)19(6-3)14-10-11-16-15-17-12-18-20(14)15/h10-13H,4-9H2,1-3H3. The summed E-state index contributed by atoms with van der Waals surface area (Å²) < 4.78 is 1.84. The van der Waals surface area contributed by atoms with Crippen molar-refractivity contribution in [1.82, 2.24) is 19.6 Å². The number of anilines is 1. The summed E-state index contributed by atoms with van der Waals surface area (Å²) in [5.41, 5.74) is 0. The first-order valence-corrected chi connectivity index (χ1v) is 7.73. The van der Waals surface area contributed by atoms with Crippen LogP contribution in [0.25, 0.3) is 5.78 Å². The number of nitrogens with zero attached hydrogens (tertiary/aromatic N) is 5. The molecule has 0 fully saturated rings. The minimum Gasteiger partial charge on any atom is -0.354 e. The zero-order valence-corrected chi connectivity index (χ0v) is 12.8. The van der Waals surface area contributed by atoms with Crippen molar-refractivity contribution in [3.63, 3.8) is 0 Å². The van der Waals surface area contributed by atoms with Crippen molar-refractivity contribution in [3.8, 4) is 0 Å². The first-order chi connectivity index (χ1) is 9.81. The molecule has 2 rings (SSSR count). The topological polar surface area (TPSA) is 46.3 Å². The quantitative estimate of drug-likeness (QED) is 0.693. The molecule has 0 aliphatic carbocycles. The minimum absolute atomic E-state index is 0.557. The van der Waals surface area contributed by atoms with Gasteiger partial charge in [0.05, 0.1) is 0 Å². The number of fused-ring (bicyclic) bond motifs is 1. The minimum atomic E-state index is 0.557. The Bertz CT molecular complexity index is 522. The van der Waals surface area contributed by atoms with Gasteiger partial charge in [0.25, 0.3) is 5.78 Å². The fraction of sp³-hybridized carbons (Fsp3) is 0.667. The van der Waals surface area contributed by atoms with E-state index in [0.717, 1.165) is 18.8 Å².